The molecule has 5 rings (SSSR count). The summed E-state index contributed by atoms with van der Waals surface area (Å²) in [4.78, 5) is 22.0. The lowest BCUT2D eigenvalue weighted by Crippen LogP contribution is -2.60. The van der Waals surface area contributed by atoms with E-state index in [4.69, 9.17) is 32.7 Å². The lowest BCUT2D eigenvalue weighted by atomic mass is 9.99. The number of benzene rings is 2. The zero-order valence-electron chi connectivity index (χ0n) is 20.4. The first kappa shape index (κ1) is 27.3. The standard InChI is InChI=1S/C26H24Cl2N4O7/c1-32-23-12(9-15(24(32)37)19-16(27)3-2-4-17(19)28)10-29-26(31-23)30-13-5-7-14(8-6-13)38-25-22(36)21(35)20(34)18(11-33)39-25/h2-10,18,20-22,25,33-36H,11H2,1H3,(H,29,30,31)/t18-,20+,21+,22-,25-/m1/s1. The molecule has 0 unspecified atom stereocenters. The van der Waals surface area contributed by atoms with Gasteiger partial charge in [0.05, 0.1) is 22.2 Å². The van der Waals surface area contributed by atoms with Gasteiger partial charge in [0.2, 0.25) is 12.2 Å². The minimum atomic E-state index is -1.54. The number of nitrogens with one attached hydrogen (secondary N) is 1. The number of hydrogen-bond donors (Lipinski definition) is 5. The Bertz CT molecular complexity index is 1540. The number of ether oxygens (including phenoxy) is 2. The molecule has 5 atom stereocenters. The average molecular weight is 575 g/mol. The minimum absolute atomic E-state index is 0.239. The smallest absolute Gasteiger partial charge is 0.259 e. The van der Waals surface area contributed by atoms with Crippen molar-refractivity contribution < 1.29 is 29.9 Å². The number of hydrogen-bond acceptors (Lipinski definition) is 10. The molecule has 1 aliphatic rings. The van der Waals surface area contributed by atoms with Crippen LogP contribution in [-0.4, -0.2) is 72.3 Å². The summed E-state index contributed by atoms with van der Waals surface area (Å²) in [7, 11) is 1.60. The van der Waals surface area contributed by atoms with Crippen molar-refractivity contribution >= 4 is 45.9 Å². The molecule has 0 bridgehead atoms. The molecule has 204 valence electrons. The van der Waals surface area contributed by atoms with Gasteiger partial charge in [-0.1, -0.05) is 29.3 Å². The minimum Gasteiger partial charge on any atom is -0.462 e. The first-order chi connectivity index (χ1) is 18.7. The Labute approximate surface area is 231 Å². The van der Waals surface area contributed by atoms with Crippen molar-refractivity contribution in [1.29, 1.82) is 0 Å². The van der Waals surface area contributed by atoms with E-state index in [2.05, 4.69) is 15.3 Å². The predicted molar refractivity (Wildman–Crippen MR) is 144 cm³/mol. The van der Waals surface area contributed by atoms with Crippen molar-refractivity contribution in [2.24, 2.45) is 7.05 Å². The quantitative estimate of drug-likeness (QED) is 0.231. The van der Waals surface area contributed by atoms with Gasteiger partial charge in [-0.15, -0.1) is 0 Å². The summed E-state index contributed by atoms with van der Waals surface area (Å²) >= 11 is 12.6. The number of aliphatic hydroxyl groups is 4. The molecule has 11 nitrogen and oxygen atoms in total. The van der Waals surface area contributed by atoms with Gasteiger partial charge in [0.15, 0.2) is 0 Å². The molecule has 0 spiro atoms. The van der Waals surface area contributed by atoms with Crippen LogP contribution in [0.5, 0.6) is 5.75 Å². The predicted octanol–water partition coefficient (Wildman–Crippen LogP) is 2.22. The number of rotatable bonds is 6. The highest BCUT2D eigenvalue weighted by molar-refractivity contribution is 6.39. The van der Waals surface area contributed by atoms with Crippen molar-refractivity contribution in [1.82, 2.24) is 14.5 Å². The fraction of sp³-hybridized carbons (Fsp3) is 0.269. The number of fused-ring (bicyclic) bond motifs is 1. The van der Waals surface area contributed by atoms with Crippen LogP contribution in [0.2, 0.25) is 10.0 Å². The van der Waals surface area contributed by atoms with Crippen molar-refractivity contribution in [2.45, 2.75) is 30.7 Å². The third-order valence-corrected chi connectivity index (χ3v) is 7.02. The number of aryl methyl sites for hydroxylation is 1. The number of aromatic nitrogens is 3. The molecule has 1 saturated heterocycles. The molecule has 5 N–H and O–H groups in total. The first-order valence-corrected chi connectivity index (χ1v) is 12.6. The molecule has 39 heavy (non-hydrogen) atoms. The van der Waals surface area contributed by atoms with Crippen LogP contribution in [0.4, 0.5) is 11.6 Å². The summed E-state index contributed by atoms with van der Waals surface area (Å²) in [6.07, 6.45) is -5.33. The number of pyridine rings is 1. The van der Waals surface area contributed by atoms with E-state index in [1.165, 1.54) is 4.57 Å². The van der Waals surface area contributed by atoms with E-state index < -0.39 is 37.3 Å². The van der Waals surface area contributed by atoms with Crippen LogP contribution in [-0.2, 0) is 11.8 Å². The number of aliphatic hydroxyl groups excluding tert-OH is 4. The van der Waals surface area contributed by atoms with E-state index in [1.54, 1.807) is 61.8 Å². The van der Waals surface area contributed by atoms with E-state index >= 15 is 0 Å². The van der Waals surface area contributed by atoms with Crippen molar-refractivity contribution in [3.63, 3.8) is 0 Å². The van der Waals surface area contributed by atoms with Gasteiger partial charge >= 0.3 is 0 Å². The Morgan fingerprint density at radius 3 is 2.41 bits per heavy atom. The van der Waals surface area contributed by atoms with Gasteiger partial charge < -0.3 is 35.2 Å². The molecule has 3 heterocycles. The lowest BCUT2D eigenvalue weighted by molar-refractivity contribution is -0.277. The van der Waals surface area contributed by atoms with Crippen LogP contribution < -0.4 is 15.6 Å². The van der Waals surface area contributed by atoms with E-state index in [1.807, 2.05) is 0 Å². The van der Waals surface area contributed by atoms with Gasteiger partial charge in [-0.3, -0.25) is 9.36 Å². The van der Waals surface area contributed by atoms with Gasteiger partial charge in [-0.2, -0.15) is 4.98 Å². The SMILES string of the molecule is Cn1c(=O)c(-c2c(Cl)cccc2Cl)cc2cnc(Nc3ccc(O[C@@H]4O[C@H](CO)[C@H](O)[C@H](O)[C@H]4O)cc3)nc21. The van der Waals surface area contributed by atoms with Crippen molar-refractivity contribution in [2.75, 3.05) is 11.9 Å². The Morgan fingerprint density at radius 1 is 1.05 bits per heavy atom. The summed E-state index contributed by atoms with van der Waals surface area (Å²) in [5.41, 5.74) is 1.44. The van der Waals surface area contributed by atoms with Gasteiger partial charge in [-0.05, 0) is 42.5 Å². The molecule has 13 heteroatoms. The van der Waals surface area contributed by atoms with Gasteiger partial charge in [0, 0.05) is 29.9 Å². The lowest BCUT2D eigenvalue weighted by Gasteiger charge is -2.39. The van der Waals surface area contributed by atoms with Crippen LogP contribution >= 0.6 is 23.2 Å². The molecule has 2 aromatic carbocycles. The number of halogens is 2. The molecular formula is C26H24Cl2N4O7. The maximum atomic E-state index is 13.1. The molecule has 0 radical (unpaired) electrons. The first-order valence-electron chi connectivity index (χ1n) is 11.8. The summed E-state index contributed by atoms with van der Waals surface area (Å²) in [5, 5.41) is 43.7. The van der Waals surface area contributed by atoms with Crippen LogP contribution in [0.1, 0.15) is 0 Å². The fourth-order valence-corrected chi connectivity index (χ4v) is 4.89. The molecule has 4 aromatic rings. The van der Waals surface area contributed by atoms with E-state index in [0.717, 1.165) is 0 Å². The van der Waals surface area contributed by atoms with Crippen LogP contribution in [0.3, 0.4) is 0 Å². The zero-order chi connectivity index (χ0) is 27.8. The normalized spacial score (nSPS) is 23.1. The zero-order valence-corrected chi connectivity index (χ0v) is 21.9. The highest BCUT2D eigenvalue weighted by Crippen LogP contribution is 2.34. The van der Waals surface area contributed by atoms with E-state index in [0.29, 0.717) is 43.6 Å². The Morgan fingerprint density at radius 2 is 1.74 bits per heavy atom. The molecule has 0 saturated carbocycles. The molecule has 1 fully saturated rings. The molecule has 1 aliphatic heterocycles. The summed E-state index contributed by atoms with van der Waals surface area (Å²) < 4.78 is 12.4. The third kappa shape index (κ3) is 5.30. The van der Waals surface area contributed by atoms with Gasteiger partial charge in [-0.25, -0.2) is 4.98 Å². The largest absolute Gasteiger partial charge is 0.462 e. The van der Waals surface area contributed by atoms with E-state index in [-0.39, 0.29) is 11.5 Å². The second-order valence-corrected chi connectivity index (χ2v) is 9.77. The molecule has 2 aromatic heterocycles. The van der Waals surface area contributed by atoms with Crippen LogP contribution in [0, 0.1) is 0 Å². The maximum Gasteiger partial charge on any atom is 0.259 e. The van der Waals surface area contributed by atoms with Gasteiger partial charge in [0.25, 0.3) is 5.56 Å². The monoisotopic (exact) mass is 574 g/mol. The second kappa shape index (κ2) is 11.1. The number of anilines is 2. The summed E-state index contributed by atoms with van der Waals surface area (Å²) in [6, 6.07) is 13.2. The third-order valence-electron chi connectivity index (χ3n) is 6.39. The Hall–Kier alpha value is -3.29. The summed E-state index contributed by atoms with van der Waals surface area (Å²) in [6.45, 7) is -0.555. The fourth-order valence-electron chi connectivity index (χ4n) is 4.29. The van der Waals surface area contributed by atoms with Crippen molar-refractivity contribution in [3.8, 4) is 16.9 Å². The van der Waals surface area contributed by atoms with Crippen molar-refractivity contribution in [3.05, 3.63) is 75.1 Å². The summed E-state index contributed by atoms with van der Waals surface area (Å²) in [5.74, 6) is 0.543. The highest BCUT2D eigenvalue weighted by Gasteiger charge is 2.44. The van der Waals surface area contributed by atoms with E-state index in [9.17, 15) is 25.2 Å². The topological polar surface area (TPSA) is 159 Å². The van der Waals surface area contributed by atoms with Crippen LogP contribution in [0.15, 0.2) is 59.5 Å². The number of nitrogens with zero attached hydrogens (tertiary/aromatic N) is 3. The molecular weight excluding hydrogens is 551 g/mol. The molecule has 0 amide bonds. The Balaban J connectivity index is 1.35. The van der Waals surface area contributed by atoms with Gasteiger partial charge in [0.1, 0.15) is 35.8 Å². The van der Waals surface area contributed by atoms with Crippen LogP contribution in [0.25, 0.3) is 22.2 Å². The highest BCUT2D eigenvalue weighted by atomic mass is 35.5. The Kier molecular flexibility index (Phi) is 7.74. The second-order valence-electron chi connectivity index (χ2n) is 8.96. The maximum absolute atomic E-state index is 13.1. The molecule has 0 aliphatic carbocycles. The average Bonchev–Trinajstić information content (AvgIpc) is 2.93.